The molecule has 1 aromatic heterocycles. The molecule has 2 rings (SSSR count). The van der Waals surface area contributed by atoms with E-state index in [0.717, 1.165) is 24.8 Å². The molecule has 0 aromatic carbocycles. The van der Waals surface area contributed by atoms with Crippen molar-refractivity contribution in [1.82, 2.24) is 0 Å². The minimum Gasteiger partial charge on any atom is -0.389 e. The van der Waals surface area contributed by atoms with Crippen molar-refractivity contribution in [2.45, 2.75) is 51.5 Å². The molecule has 2 atom stereocenters. The lowest BCUT2D eigenvalue weighted by molar-refractivity contribution is 0.223. The minimum absolute atomic E-state index is 0.0395. The van der Waals surface area contributed by atoms with Gasteiger partial charge in [0.25, 0.3) is 0 Å². The Morgan fingerprint density at radius 1 is 1.39 bits per heavy atom. The van der Waals surface area contributed by atoms with E-state index < -0.39 is 0 Å². The Morgan fingerprint density at radius 2 is 2.06 bits per heavy atom. The Hall–Kier alpha value is -1.05. The van der Waals surface area contributed by atoms with Crippen molar-refractivity contribution < 1.29 is 0 Å². The molecule has 0 spiro atoms. The first-order valence-electron chi connectivity index (χ1n) is 6.52. The maximum atomic E-state index is 9.39. The normalized spacial score (nSPS) is 24.7. The number of rotatable bonds is 2. The van der Waals surface area contributed by atoms with Crippen LogP contribution in [0.3, 0.4) is 0 Å². The average Bonchev–Trinajstić information content (AvgIpc) is 2.63. The summed E-state index contributed by atoms with van der Waals surface area (Å²) in [6.07, 6.45) is 3.23. The summed E-state index contributed by atoms with van der Waals surface area (Å²) in [4.78, 5) is 1.28. The van der Waals surface area contributed by atoms with Crippen LogP contribution in [0.15, 0.2) is 0 Å². The number of anilines is 1. The summed E-state index contributed by atoms with van der Waals surface area (Å²) in [6.45, 7) is 6.46. The lowest BCUT2D eigenvalue weighted by atomic mass is 9.61. The zero-order chi connectivity index (χ0) is 13.5. The topological polar surface area (TPSA) is 75.8 Å². The molecule has 3 nitrogen and oxygen atoms in total. The number of nitriles is 1. The summed E-state index contributed by atoms with van der Waals surface area (Å²) < 4.78 is 0. The average molecular weight is 263 g/mol. The summed E-state index contributed by atoms with van der Waals surface area (Å²) in [5.41, 5.74) is 14.1. The molecule has 1 aromatic rings. The van der Waals surface area contributed by atoms with Crippen LogP contribution in [-0.2, 0) is 11.8 Å². The second-order valence-corrected chi connectivity index (χ2v) is 6.73. The fourth-order valence-electron chi connectivity index (χ4n) is 3.50. The summed E-state index contributed by atoms with van der Waals surface area (Å²) in [6, 6.07) is 2.34. The number of nitrogens with two attached hydrogens (primary N) is 2. The Morgan fingerprint density at radius 3 is 2.56 bits per heavy atom. The maximum Gasteiger partial charge on any atom is 0.104 e. The van der Waals surface area contributed by atoms with Crippen LogP contribution in [0.25, 0.3) is 0 Å². The van der Waals surface area contributed by atoms with E-state index in [1.54, 1.807) is 11.3 Å². The molecule has 0 saturated heterocycles. The molecule has 2 unspecified atom stereocenters. The van der Waals surface area contributed by atoms with Crippen LogP contribution in [0, 0.1) is 17.2 Å². The predicted octanol–water partition coefficient (Wildman–Crippen LogP) is 2.78. The van der Waals surface area contributed by atoms with Gasteiger partial charge in [0.2, 0.25) is 0 Å². The Labute approximate surface area is 113 Å². The third kappa shape index (κ3) is 1.65. The van der Waals surface area contributed by atoms with Gasteiger partial charge < -0.3 is 11.5 Å². The van der Waals surface area contributed by atoms with Crippen LogP contribution in [0.5, 0.6) is 0 Å². The van der Waals surface area contributed by atoms with Crippen molar-refractivity contribution in [2.24, 2.45) is 11.7 Å². The fraction of sp³-hybridized carbons (Fsp3) is 0.643. The molecule has 0 fully saturated rings. The zero-order valence-electron chi connectivity index (χ0n) is 11.3. The Balaban J connectivity index is 2.73. The van der Waals surface area contributed by atoms with Crippen LogP contribution >= 0.6 is 11.3 Å². The van der Waals surface area contributed by atoms with E-state index in [9.17, 15) is 5.26 Å². The molecular formula is C14H21N3S. The van der Waals surface area contributed by atoms with Crippen molar-refractivity contribution in [3.63, 3.8) is 0 Å². The molecule has 0 aliphatic heterocycles. The van der Waals surface area contributed by atoms with Gasteiger partial charge in [0.1, 0.15) is 11.1 Å². The van der Waals surface area contributed by atoms with Crippen molar-refractivity contribution in [1.29, 1.82) is 5.26 Å². The molecule has 0 saturated carbocycles. The third-order valence-electron chi connectivity index (χ3n) is 4.42. The minimum atomic E-state index is -0.0905. The standard InChI is InChI=1S/C14H21N3S/c1-8(2)14(9(3)16)6-4-5-11-12(14)10(7-15)13(17)18-11/h8-9H,4-6,16-17H2,1-3H3. The van der Waals surface area contributed by atoms with Crippen LogP contribution in [0.2, 0.25) is 0 Å². The lowest BCUT2D eigenvalue weighted by Crippen LogP contribution is -2.49. The number of hydrogen-bond donors (Lipinski definition) is 2. The van der Waals surface area contributed by atoms with Crippen LogP contribution in [0.4, 0.5) is 5.00 Å². The van der Waals surface area contributed by atoms with Crippen molar-refractivity contribution in [2.75, 3.05) is 5.73 Å². The summed E-state index contributed by atoms with van der Waals surface area (Å²) >= 11 is 1.58. The highest BCUT2D eigenvalue weighted by atomic mass is 32.1. The van der Waals surface area contributed by atoms with E-state index in [0.29, 0.717) is 16.5 Å². The van der Waals surface area contributed by atoms with Gasteiger partial charge in [0.15, 0.2) is 0 Å². The van der Waals surface area contributed by atoms with Gasteiger partial charge in [-0.15, -0.1) is 11.3 Å². The van der Waals surface area contributed by atoms with Crippen molar-refractivity contribution in [3.8, 4) is 6.07 Å². The molecule has 18 heavy (non-hydrogen) atoms. The molecular weight excluding hydrogens is 242 g/mol. The molecule has 4 N–H and O–H groups in total. The van der Waals surface area contributed by atoms with E-state index in [1.807, 2.05) is 0 Å². The summed E-state index contributed by atoms with van der Waals surface area (Å²) in [5, 5.41) is 10.1. The van der Waals surface area contributed by atoms with Gasteiger partial charge in [0.05, 0.1) is 5.56 Å². The zero-order valence-corrected chi connectivity index (χ0v) is 12.1. The summed E-state index contributed by atoms with van der Waals surface area (Å²) in [7, 11) is 0. The second-order valence-electron chi connectivity index (χ2n) is 5.59. The highest BCUT2D eigenvalue weighted by Gasteiger charge is 2.45. The molecule has 4 heteroatoms. The van der Waals surface area contributed by atoms with Gasteiger partial charge >= 0.3 is 0 Å². The molecule has 1 aliphatic rings. The van der Waals surface area contributed by atoms with Crippen molar-refractivity contribution >= 4 is 16.3 Å². The van der Waals surface area contributed by atoms with Gasteiger partial charge in [-0.1, -0.05) is 13.8 Å². The third-order valence-corrected chi connectivity index (χ3v) is 5.50. The largest absolute Gasteiger partial charge is 0.389 e. The van der Waals surface area contributed by atoms with E-state index >= 15 is 0 Å². The quantitative estimate of drug-likeness (QED) is 0.861. The van der Waals surface area contributed by atoms with E-state index in [2.05, 4.69) is 26.8 Å². The Bertz CT molecular complexity index is 486. The smallest absolute Gasteiger partial charge is 0.104 e. The van der Waals surface area contributed by atoms with Crippen LogP contribution in [-0.4, -0.2) is 6.04 Å². The predicted molar refractivity (Wildman–Crippen MR) is 76.5 cm³/mol. The van der Waals surface area contributed by atoms with E-state index in [-0.39, 0.29) is 11.5 Å². The number of aryl methyl sites for hydroxylation is 1. The molecule has 0 radical (unpaired) electrons. The van der Waals surface area contributed by atoms with Gasteiger partial charge in [-0.3, -0.25) is 0 Å². The molecule has 0 bridgehead atoms. The van der Waals surface area contributed by atoms with Crippen LogP contribution in [0.1, 0.15) is 49.6 Å². The molecule has 0 amide bonds. The monoisotopic (exact) mass is 263 g/mol. The highest BCUT2D eigenvalue weighted by Crippen LogP contribution is 2.50. The first kappa shape index (κ1) is 13.4. The highest BCUT2D eigenvalue weighted by molar-refractivity contribution is 7.16. The molecule has 98 valence electrons. The number of hydrogen-bond acceptors (Lipinski definition) is 4. The lowest BCUT2D eigenvalue weighted by Gasteiger charge is -2.44. The van der Waals surface area contributed by atoms with Crippen LogP contribution < -0.4 is 11.5 Å². The number of thiophene rings is 1. The van der Waals surface area contributed by atoms with Gasteiger partial charge in [0, 0.05) is 16.3 Å². The SMILES string of the molecule is CC(C)C1(C(C)N)CCCc2sc(N)c(C#N)c21. The molecule has 1 aliphatic carbocycles. The number of nitrogen functional groups attached to an aromatic ring is 1. The fourth-order valence-corrected chi connectivity index (χ4v) is 4.66. The molecule has 1 heterocycles. The summed E-state index contributed by atoms with van der Waals surface area (Å²) in [5.74, 6) is 0.414. The van der Waals surface area contributed by atoms with Gasteiger partial charge in [-0.05, 0) is 37.7 Å². The Kier molecular flexibility index (Phi) is 3.39. The van der Waals surface area contributed by atoms with E-state index in [1.165, 1.54) is 4.88 Å². The second kappa shape index (κ2) is 4.56. The maximum absolute atomic E-state index is 9.39. The number of fused-ring (bicyclic) bond motifs is 1. The number of nitrogens with zero attached hydrogens (tertiary/aromatic N) is 1. The first-order chi connectivity index (χ1) is 8.45. The van der Waals surface area contributed by atoms with Crippen molar-refractivity contribution in [3.05, 3.63) is 16.0 Å². The van der Waals surface area contributed by atoms with Gasteiger partial charge in [-0.25, -0.2) is 0 Å². The van der Waals surface area contributed by atoms with Gasteiger partial charge in [-0.2, -0.15) is 5.26 Å². The van der Waals surface area contributed by atoms with E-state index in [4.69, 9.17) is 11.5 Å². The first-order valence-corrected chi connectivity index (χ1v) is 7.34.